The van der Waals surface area contributed by atoms with Crippen molar-refractivity contribution in [3.8, 4) is 0 Å². The van der Waals surface area contributed by atoms with Gasteiger partial charge >= 0.3 is 0 Å². The predicted octanol–water partition coefficient (Wildman–Crippen LogP) is 2.69. The molecule has 0 radical (unpaired) electrons. The summed E-state index contributed by atoms with van der Waals surface area (Å²) in [6.07, 6.45) is 0. The first-order valence-corrected chi connectivity index (χ1v) is 7.32. The highest BCUT2D eigenvalue weighted by molar-refractivity contribution is 7.92. The van der Waals surface area contributed by atoms with Crippen LogP contribution in [0, 0.1) is 13.8 Å². The van der Waals surface area contributed by atoms with Gasteiger partial charge in [0.15, 0.2) is 0 Å². The minimum atomic E-state index is -3.56. The highest BCUT2D eigenvalue weighted by Crippen LogP contribution is 2.21. The Kier molecular flexibility index (Phi) is 3.48. The third-order valence-corrected chi connectivity index (χ3v) is 4.21. The Morgan fingerprint density at radius 2 is 1.63 bits per heavy atom. The number of sulfonamides is 1. The molecule has 0 heterocycles. The fourth-order valence-corrected chi connectivity index (χ4v) is 2.85. The standard InChI is InChI=1S/C14H16N2O2S/c1-10-3-6-13(7-4-10)19(17,18)16-14-8-5-12(15)9-11(14)2/h3-9,16H,15H2,1-2H3. The van der Waals surface area contributed by atoms with Crippen LogP contribution in [0.15, 0.2) is 47.4 Å². The van der Waals surface area contributed by atoms with Gasteiger partial charge in [-0.15, -0.1) is 0 Å². The average Bonchev–Trinajstić information content (AvgIpc) is 2.33. The fraction of sp³-hybridized carbons (Fsp3) is 0.143. The molecular formula is C14H16N2O2S. The van der Waals surface area contributed by atoms with Gasteiger partial charge in [-0.05, 0) is 49.7 Å². The summed E-state index contributed by atoms with van der Waals surface area (Å²) in [6, 6.07) is 11.8. The van der Waals surface area contributed by atoms with Crippen LogP contribution in [0.5, 0.6) is 0 Å². The van der Waals surface area contributed by atoms with Crippen molar-refractivity contribution in [3.63, 3.8) is 0 Å². The molecule has 19 heavy (non-hydrogen) atoms. The molecule has 2 rings (SSSR count). The van der Waals surface area contributed by atoms with Crippen molar-refractivity contribution >= 4 is 21.4 Å². The third-order valence-electron chi connectivity index (χ3n) is 2.83. The Morgan fingerprint density at radius 1 is 1.00 bits per heavy atom. The highest BCUT2D eigenvalue weighted by Gasteiger charge is 2.14. The summed E-state index contributed by atoms with van der Waals surface area (Å²) in [5.74, 6) is 0. The lowest BCUT2D eigenvalue weighted by Crippen LogP contribution is -2.13. The molecule has 5 heteroatoms. The van der Waals surface area contributed by atoms with Crippen molar-refractivity contribution in [1.82, 2.24) is 0 Å². The van der Waals surface area contributed by atoms with Gasteiger partial charge < -0.3 is 5.73 Å². The smallest absolute Gasteiger partial charge is 0.261 e. The third kappa shape index (κ3) is 3.06. The molecule has 0 fully saturated rings. The van der Waals surface area contributed by atoms with Crippen molar-refractivity contribution in [2.24, 2.45) is 0 Å². The largest absolute Gasteiger partial charge is 0.399 e. The number of rotatable bonds is 3. The topological polar surface area (TPSA) is 72.2 Å². The number of hydrogen-bond acceptors (Lipinski definition) is 3. The predicted molar refractivity (Wildman–Crippen MR) is 77.6 cm³/mol. The summed E-state index contributed by atoms with van der Waals surface area (Å²) >= 11 is 0. The molecule has 0 amide bonds. The van der Waals surface area contributed by atoms with E-state index >= 15 is 0 Å². The van der Waals surface area contributed by atoms with Crippen LogP contribution < -0.4 is 10.5 Å². The van der Waals surface area contributed by atoms with Gasteiger partial charge in [0.05, 0.1) is 10.6 Å². The Balaban J connectivity index is 2.33. The first-order chi connectivity index (χ1) is 8.88. The van der Waals surface area contributed by atoms with Crippen LogP contribution in [-0.2, 0) is 10.0 Å². The van der Waals surface area contributed by atoms with Crippen molar-refractivity contribution in [2.45, 2.75) is 18.7 Å². The van der Waals surface area contributed by atoms with Crippen molar-refractivity contribution in [2.75, 3.05) is 10.5 Å². The molecule has 4 nitrogen and oxygen atoms in total. The van der Waals surface area contributed by atoms with E-state index in [1.165, 1.54) is 0 Å². The maximum Gasteiger partial charge on any atom is 0.261 e. The molecular weight excluding hydrogens is 260 g/mol. The normalized spacial score (nSPS) is 11.3. The monoisotopic (exact) mass is 276 g/mol. The van der Waals surface area contributed by atoms with Crippen LogP contribution in [0.25, 0.3) is 0 Å². The lowest BCUT2D eigenvalue weighted by Gasteiger charge is -2.11. The number of aryl methyl sites for hydroxylation is 2. The van der Waals surface area contributed by atoms with Crippen molar-refractivity contribution < 1.29 is 8.42 Å². The first kappa shape index (κ1) is 13.4. The van der Waals surface area contributed by atoms with Crippen LogP contribution in [0.2, 0.25) is 0 Å². The van der Waals surface area contributed by atoms with E-state index in [9.17, 15) is 8.42 Å². The summed E-state index contributed by atoms with van der Waals surface area (Å²) in [5, 5.41) is 0. The van der Waals surface area contributed by atoms with Crippen LogP contribution >= 0.6 is 0 Å². The summed E-state index contributed by atoms with van der Waals surface area (Å²) in [4.78, 5) is 0.245. The lowest BCUT2D eigenvalue weighted by molar-refractivity contribution is 0.601. The number of benzene rings is 2. The van der Waals surface area contributed by atoms with E-state index in [1.54, 1.807) is 42.5 Å². The molecule has 0 aromatic heterocycles. The van der Waals surface area contributed by atoms with E-state index in [-0.39, 0.29) is 4.90 Å². The van der Waals surface area contributed by atoms with E-state index in [1.807, 2.05) is 13.8 Å². The van der Waals surface area contributed by atoms with E-state index in [2.05, 4.69) is 4.72 Å². The number of nitrogens with one attached hydrogen (secondary N) is 1. The summed E-state index contributed by atoms with van der Waals surface area (Å²) in [6.45, 7) is 3.72. The molecule has 100 valence electrons. The van der Waals surface area contributed by atoms with Gasteiger partial charge in [0, 0.05) is 5.69 Å². The summed E-state index contributed by atoms with van der Waals surface area (Å²) in [7, 11) is -3.56. The van der Waals surface area contributed by atoms with Gasteiger partial charge in [-0.3, -0.25) is 4.72 Å². The van der Waals surface area contributed by atoms with Crippen molar-refractivity contribution in [1.29, 1.82) is 0 Å². The molecule has 0 aliphatic carbocycles. The second-order valence-electron chi connectivity index (χ2n) is 4.49. The maximum absolute atomic E-state index is 12.2. The molecule has 3 N–H and O–H groups in total. The quantitative estimate of drug-likeness (QED) is 0.847. The second kappa shape index (κ2) is 4.93. The van der Waals surface area contributed by atoms with Crippen molar-refractivity contribution in [3.05, 3.63) is 53.6 Å². The zero-order valence-electron chi connectivity index (χ0n) is 10.8. The molecule has 2 aromatic rings. The highest BCUT2D eigenvalue weighted by atomic mass is 32.2. The molecule has 2 aromatic carbocycles. The van der Waals surface area contributed by atoms with Gasteiger partial charge in [0.2, 0.25) is 0 Å². The lowest BCUT2D eigenvalue weighted by atomic mass is 10.2. The second-order valence-corrected chi connectivity index (χ2v) is 6.18. The van der Waals surface area contributed by atoms with Gasteiger partial charge in [-0.2, -0.15) is 0 Å². The van der Waals surface area contributed by atoms with Crippen LogP contribution in [0.4, 0.5) is 11.4 Å². The molecule has 0 atom stereocenters. The maximum atomic E-state index is 12.2. The minimum absolute atomic E-state index is 0.245. The van der Waals surface area contributed by atoms with Gasteiger partial charge in [0.1, 0.15) is 0 Å². The van der Waals surface area contributed by atoms with Gasteiger partial charge in [-0.1, -0.05) is 17.7 Å². The molecule has 0 bridgehead atoms. The van der Waals surface area contributed by atoms with Gasteiger partial charge in [0.25, 0.3) is 10.0 Å². The van der Waals surface area contributed by atoms with Crippen LogP contribution in [0.3, 0.4) is 0 Å². The molecule has 0 aliphatic heterocycles. The van der Waals surface area contributed by atoms with Crippen LogP contribution in [0.1, 0.15) is 11.1 Å². The zero-order chi connectivity index (χ0) is 14.0. The molecule has 0 aliphatic rings. The Hall–Kier alpha value is -2.01. The molecule has 0 unspecified atom stereocenters. The van der Waals surface area contributed by atoms with Crippen LogP contribution in [-0.4, -0.2) is 8.42 Å². The Labute approximate surface area is 113 Å². The number of nitrogen functional groups attached to an aromatic ring is 1. The number of anilines is 2. The van der Waals surface area contributed by atoms with E-state index in [0.29, 0.717) is 11.4 Å². The van der Waals surface area contributed by atoms with E-state index in [4.69, 9.17) is 5.73 Å². The Bertz CT molecular complexity index is 692. The fourth-order valence-electron chi connectivity index (χ4n) is 1.72. The molecule has 0 saturated carbocycles. The molecule has 0 spiro atoms. The molecule has 0 saturated heterocycles. The average molecular weight is 276 g/mol. The number of hydrogen-bond donors (Lipinski definition) is 2. The van der Waals surface area contributed by atoms with Gasteiger partial charge in [-0.25, -0.2) is 8.42 Å². The van der Waals surface area contributed by atoms with E-state index < -0.39 is 10.0 Å². The zero-order valence-corrected chi connectivity index (χ0v) is 11.7. The SMILES string of the molecule is Cc1ccc(S(=O)(=O)Nc2ccc(N)cc2C)cc1. The Morgan fingerprint density at radius 3 is 2.21 bits per heavy atom. The minimum Gasteiger partial charge on any atom is -0.399 e. The summed E-state index contributed by atoms with van der Waals surface area (Å²) in [5.41, 5.74) is 8.59. The first-order valence-electron chi connectivity index (χ1n) is 5.84. The number of nitrogens with two attached hydrogens (primary N) is 1. The summed E-state index contributed by atoms with van der Waals surface area (Å²) < 4.78 is 27.0. The van der Waals surface area contributed by atoms with E-state index in [0.717, 1.165) is 11.1 Å².